The SMILES string of the molecule is CC(C)(C)OC(=O)NC(CCO)(c1ccccc1F)C(F)(F)F. The number of aliphatic hydroxyl groups is 1. The molecule has 0 saturated heterocycles. The molecule has 0 heterocycles. The quantitative estimate of drug-likeness (QED) is 0.827. The first-order chi connectivity index (χ1) is 10.4. The molecule has 0 aromatic heterocycles. The van der Waals surface area contributed by atoms with Crippen molar-refractivity contribution in [3.63, 3.8) is 0 Å². The van der Waals surface area contributed by atoms with Gasteiger partial charge in [-0.25, -0.2) is 9.18 Å². The van der Waals surface area contributed by atoms with Gasteiger partial charge in [0.2, 0.25) is 0 Å². The van der Waals surface area contributed by atoms with Crippen LogP contribution in [-0.2, 0) is 10.3 Å². The summed E-state index contributed by atoms with van der Waals surface area (Å²) in [6.07, 6.45) is -7.35. The lowest BCUT2D eigenvalue weighted by Crippen LogP contribution is -2.57. The third-order valence-corrected chi connectivity index (χ3v) is 3.02. The summed E-state index contributed by atoms with van der Waals surface area (Å²) in [6, 6.07) is 4.21. The molecule has 1 aromatic carbocycles. The fourth-order valence-corrected chi connectivity index (χ4v) is 2.08. The van der Waals surface area contributed by atoms with Crippen molar-refractivity contribution in [3.8, 4) is 0 Å². The van der Waals surface area contributed by atoms with E-state index in [9.17, 15) is 22.4 Å². The Hall–Kier alpha value is -1.83. The van der Waals surface area contributed by atoms with Crippen molar-refractivity contribution in [3.05, 3.63) is 35.6 Å². The van der Waals surface area contributed by atoms with E-state index in [2.05, 4.69) is 0 Å². The van der Waals surface area contributed by atoms with Crippen LogP contribution in [0.4, 0.5) is 22.4 Å². The van der Waals surface area contributed by atoms with E-state index < -0.39 is 47.8 Å². The van der Waals surface area contributed by atoms with E-state index in [1.807, 2.05) is 0 Å². The summed E-state index contributed by atoms with van der Waals surface area (Å²) in [5, 5.41) is 10.7. The summed E-state index contributed by atoms with van der Waals surface area (Å²) in [4.78, 5) is 11.8. The van der Waals surface area contributed by atoms with E-state index >= 15 is 0 Å². The largest absolute Gasteiger partial charge is 0.444 e. The van der Waals surface area contributed by atoms with Crippen molar-refractivity contribution in [2.24, 2.45) is 0 Å². The average molecular weight is 337 g/mol. The van der Waals surface area contributed by atoms with Gasteiger partial charge in [-0.1, -0.05) is 18.2 Å². The summed E-state index contributed by atoms with van der Waals surface area (Å²) >= 11 is 0. The number of hydrogen-bond donors (Lipinski definition) is 2. The van der Waals surface area contributed by atoms with Gasteiger partial charge in [-0.2, -0.15) is 13.2 Å². The normalized spacial score (nSPS) is 15.0. The van der Waals surface area contributed by atoms with Crippen LogP contribution in [-0.4, -0.2) is 29.6 Å². The van der Waals surface area contributed by atoms with E-state index in [1.54, 1.807) is 5.32 Å². The number of alkyl carbamates (subject to hydrolysis) is 1. The zero-order valence-electron chi connectivity index (χ0n) is 13.0. The molecule has 1 aromatic rings. The third kappa shape index (κ3) is 4.57. The molecule has 23 heavy (non-hydrogen) atoms. The molecule has 2 N–H and O–H groups in total. The molecule has 130 valence electrons. The molecule has 0 spiro atoms. The minimum Gasteiger partial charge on any atom is -0.444 e. The highest BCUT2D eigenvalue weighted by atomic mass is 19.4. The van der Waals surface area contributed by atoms with E-state index in [0.29, 0.717) is 0 Å². The summed E-state index contributed by atoms with van der Waals surface area (Å²) in [7, 11) is 0. The predicted octanol–water partition coefficient (Wildman–Crippen LogP) is 3.49. The van der Waals surface area contributed by atoms with Gasteiger partial charge in [-0.3, -0.25) is 0 Å². The van der Waals surface area contributed by atoms with Crippen LogP contribution in [0.5, 0.6) is 0 Å². The molecule has 4 nitrogen and oxygen atoms in total. The van der Waals surface area contributed by atoms with Crippen LogP contribution in [0.1, 0.15) is 32.8 Å². The van der Waals surface area contributed by atoms with Crippen LogP contribution >= 0.6 is 0 Å². The third-order valence-electron chi connectivity index (χ3n) is 3.02. The van der Waals surface area contributed by atoms with Gasteiger partial charge in [0.15, 0.2) is 5.54 Å². The number of nitrogens with one attached hydrogen (secondary N) is 1. The maximum atomic E-state index is 14.0. The van der Waals surface area contributed by atoms with Crippen LogP contribution in [0.3, 0.4) is 0 Å². The van der Waals surface area contributed by atoms with Crippen LogP contribution in [0.25, 0.3) is 0 Å². The molecule has 0 aliphatic rings. The molecular formula is C15H19F4NO3. The minimum absolute atomic E-state index is 0.785. The zero-order chi connectivity index (χ0) is 17.9. The zero-order valence-corrected chi connectivity index (χ0v) is 13.0. The molecule has 1 rings (SSSR count). The highest BCUT2D eigenvalue weighted by molar-refractivity contribution is 5.69. The highest BCUT2D eigenvalue weighted by Crippen LogP contribution is 2.42. The topological polar surface area (TPSA) is 58.6 Å². The molecule has 1 atom stereocenters. The molecule has 0 fully saturated rings. The number of amides is 1. The molecule has 0 bridgehead atoms. The van der Waals surface area contributed by atoms with E-state index in [-0.39, 0.29) is 0 Å². The Morgan fingerprint density at radius 2 is 1.78 bits per heavy atom. The lowest BCUT2D eigenvalue weighted by Gasteiger charge is -2.37. The molecule has 1 unspecified atom stereocenters. The van der Waals surface area contributed by atoms with Crippen molar-refractivity contribution >= 4 is 6.09 Å². The van der Waals surface area contributed by atoms with Gasteiger partial charge in [0.1, 0.15) is 11.4 Å². The molecule has 0 aliphatic carbocycles. The van der Waals surface area contributed by atoms with Crippen molar-refractivity contribution in [1.82, 2.24) is 5.32 Å². The fourth-order valence-electron chi connectivity index (χ4n) is 2.08. The van der Waals surface area contributed by atoms with Gasteiger partial charge in [0.05, 0.1) is 0 Å². The molecule has 1 amide bonds. The Balaban J connectivity index is 3.36. The number of halogens is 4. The monoisotopic (exact) mass is 337 g/mol. The number of benzene rings is 1. The van der Waals surface area contributed by atoms with Crippen LogP contribution in [0.2, 0.25) is 0 Å². The molecule has 0 radical (unpaired) electrons. The standard InChI is InChI=1S/C15H19F4NO3/c1-13(2,3)23-12(22)20-14(8-9-21,15(17,18)19)10-6-4-5-7-11(10)16/h4-7,21H,8-9H2,1-3H3,(H,20,22). The molecule has 8 heteroatoms. The van der Waals surface area contributed by atoms with Gasteiger partial charge in [0, 0.05) is 18.6 Å². The number of aliphatic hydroxyl groups excluding tert-OH is 1. The molecule has 0 aliphatic heterocycles. The lowest BCUT2D eigenvalue weighted by molar-refractivity contribution is -0.204. The van der Waals surface area contributed by atoms with E-state index in [1.165, 1.54) is 32.9 Å². The minimum atomic E-state index is -5.05. The van der Waals surface area contributed by atoms with Gasteiger partial charge in [-0.05, 0) is 26.8 Å². The van der Waals surface area contributed by atoms with Crippen molar-refractivity contribution < 1.29 is 32.2 Å². The average Bonchev–Trinajstić information content (AvgIpc) is 2.35. The second kappa shape index (κ2) is 6.74. The highest BCUT2D eigenvalue weighted by Gasteiger charge is 2.58. The number of alkyl halides is 3. The predicted molar refractivity (Wildman–Crippen MR) is 75.2 cm³/mol. The van der Waals surface area contributed by atoms with Gasteiger partial charge in [-0.15, -0.1) is 0 Å². The fraction of sp³-hybridized carbons (Fsp3) is 0.533. The first kappa shape index (κ1) is 19.2. The summed E-state index contributed by atoms with van der Waals surface area (Å²) < 4.78 is 59.8. The molecule has 0 saturated carbocycles. The Kier molecular flexibility index (Phi) is 5.63. The second-order valence-corrected chi connectivity index (χ2v) is 5.98. The number of rotatable bonds is 4. The van der Waals surface area contributed by atoms with Crippen LogP contribution in [0.15, 0.2) is 24.3 Å². The van der Waals surface area contributed by atoms with Gasteiger partial charge >= 0.3 is 12.3 Å². The van der Waals surface area contributed by atoms with Gasteiger partial charge < -0.3 is 15.2 Å². The first-order valence-electron chi connectivity index (χ1n) is 6.87. The number of hydrogen-bond acceptors (Lipinski definition) is 3. The van der Waals surface area contributed by atoms with Crippen molar-refractivity contribution in [2.75, 3.05) is 6.61 Å². The second-order valence-electron chi connectivity index (χ2n) is 5.98. The first-order valence-corrected chi connectivity index (χ1v) is 6.87. The van der Waals surface area contributed by atoms with E-state index in [0.717, 1.165) is 12.1 Å². The number of carbonyl (C=O) groups is 1. The molecular weight excluding hydrogens is 318 g/mol. The van der Waals surface area contributed by atoms with Crippen molar-refractivity contribution in [1.29, 1.82) is 0 Å². The van der Waals surface area contributed by atoms with Crippen LogP contribution in [0, 0.1) is 5.82 Å². The summed E-state index contributed by atoms with van der Waals surface area (Å²) in [5.41, 5.74) is -4.90. The number of carbonyl (C=O) groups excluding carboxylic acids is 1. The Morgan fingerprint density at radius 3 is 2.22 bits per heavy atom. The maximum Gasteiger partial charge on any atom is 0.416 e. The van der Waals surface area contributed by atoms with Crippen molar-refractivity contribution in [2.45, 2.75) is 44.5 Å². The van der Waals surface area contributed by atoms with Gasteiger partial charge in [0.25, 0.3) is 0 Å². The maximum absolute atomic E-state index is 14.0. The smallest absolute Gasteiger partial charge is 0.416 e. The summed E-state index contributed by atoms with van der Waals surface area (Å²) in [5.74, 6) is -1.14. The Bertz CT molecular complexity index is 554. The van der Waals surface area contributed by atoms with E-state index in [4.69, 9.17) is 9.84 Å². The number of ether oxygens (including phenoxy) is 1. The lowest BCUT2D eigenvalue weighted by atomic mass is 9.85. The summed E-state index contributed by atoms with van der Waals surface area (Å²) in [6.45, 7) is 3.54. The van der Waals surface area contributed by atoms with Crippen LogP contribution < -0.4 is 5.32 Å². The Labute approximate surface area is 131 Å². The Morgan fingerprint density at radius 1 is 1.22 bits per heavy atom.